The number of carbonyl (C=O) groups excluding carboxylic acids is 1. The smallest absolute Gasteiger partial charge is 0.410 e. The van der Waals surface area contributed by atoms with E-state index in [1.165, 1.54) is 18.2 Å². The Morgan fingerprint density at radius 2 is 1.86 bits per heavy atom. The van der Waals surface area contributed by atoms with Crippen LogP contribution in [0.4, 0.5) is 14.9 Å². The van der Waals surface area contributed by atoms with Crippen LogP contribution in [-0.4, -0.2) is 62.1 Å². The molecule has 1 fully saturated rings. The van der Waals surface area contributed by atoms with Crippen molar-refractivity contribution in [3.05, 3.63) is 58.9 Å². The first-order valence-electron chi connectivity index (χ1n) is 12.0. The van der Waals surface area contributed by atoms with Gasteiger partial charge in [0.15, 0.2) is 0 Å². The number of benzene rings is 2. The van der Waals surface area contributed by atoms with E-state index in [1.807, 2.05) is 33.8 Å². The van der Waals surface area contributed by atoms with Crippen LogP contribution in [0.5, 0.6) is 0 Å². The lowest BCUT2D eigenvalue weighted by atomic mass is 10.0. The van der Waals surface area contributed by atoms with E-state index in [1.54, 1.807) is 30.9 Å². The summed E-state index contributed by atoms with van der Waals surface area (Å²) in [6, 6.07) is 9.49. The van der Waals surface area contributed by atoms with Crippen molar-refractivity contribution in [3.8, 4) is 0 Å². The molecule has 10 heteroatoms. The van der Waals surface area contributed by atoms with E-state index < -0.39 is 15.6 Å². The highest BCUT2D eigenvalue weighted by molar-refractivity contribution is 7.89. The number of aryl methyl sites for hydroxylation is 2. The van der Waals surface area contributed by atoms with Gasteiger partial charge in [-0.15, -0.1) is 0 Å². The molecule has 1 amide bonds. The number of hydrogen-bond acceptors (Lipinski definition) is 6. The Kier molecular flexibility index (Phi) is 8.32. The summed E-state index contributed by atoms with van der Waals surface area (Å²) >= 11 is 0. The van der Waals surface area contributed by atoms with E-state index in [9.17, 15) is 17.6 Å². The average molecular weight is 521 g/mol. The van der Waals surface area contributed by atoms with Gasteiger partial charge in [0, 0.05) is 37.9 Å². The number of halogens is 1. The summed E-state index contributed by atoms with van der Waals surface area (Å²) in [4.78, 5) is 16.6. The molecule has 0 aliphatic carbocycles. The van der Waals surface area contributed by atoms with Crippen LogP contribution in [0.25, 0.3) is 0 Å². The summed E-state index contributed by atoms with van der Waals surface area (Å²) < 4.78 is 43.5. The van der Waals surface area contributed by atoms with Gasteiger partial charge in [0.2, 0.25) is 10.0 Å². The number of rotatable bonds is 6. The normalized spacial score (nSPS) is 18.1. The molecule has 2 aromatic rings. The number of hydrogen-bond donors (Lipinski definition) is 2. The molecule has 0 saturated carbocycles. The summed E-state index contributed by atoms with van der Waals surface area (Å²) in [6.07, 6.45) is -0.324. The van der Waals surface area contributed by atoms with E-state index in [-0.39, 0.29) is 28.9 Å². The largest absolute Gasteiger partial charge is 0.444 e. The Bertz CT molecular complexity index is 1210. The quantitative estimate of drug-likeness (QED) is 0.592. The van der Waals surface area contributed by atoms with Crippen molar-refractivity contribution in [1.82, 2.24) is 9.80 Å². The number of sulfonamides is 1. The molecule has 3 N–H and O–H groups in total. The Morgan fingerprint density at radius 1 is 1.17 bits per heavy atom. The van der Waals surface area contributed by atoms with Crippen LogP contribution in [0.2, 0.25) is 0 Å². The highest BCUT2D eigenvalue weighted by atomic mass is 32.2. The minimum Gasteiger partial charge on any atom is -0.444 e. The van der Waals surface area contributed by atoms with E-state index in [4.69, 9.17) is 9.88 Å². The predicted octanol–water partition coefficient (Wildman–Crippen LogP) is 4.18. The van der Waals surface area contributed by atoms with Crippen molar-refractivity contribution in [2.24, 2.45) is 5.14 Å². The third-order valence-electron chi connectivity index (χ3n) is 6.23. The minimum atomic E-state index is -3.81. The third-order valence-corrected chi connectivity index (χ3v) is 7.15. The van der Waals surface area contributed by atoms with Gasteiger partial charge in [-0.2, -0.15) is 0 Å². The molecule has 3 rings (SSSR count). The van der Waals surface area contributed by atoms with Crippen LogP contribution < -0.4 is 10.5 Å². The molecular weight excluding hydrogens is 483 g/mol. The first kappa shape index (κ1) is 27.9. The summed E-state index contributed by atoms with van der Waals surface area (Å²) in [5.41, 5.74) is 2.21. The molecule has 1 heterocycles. The van der Waals surface area contributed by atoms with Crippen LogP contribution in [0.15, 0.2) is 41.3 Å². The summed E-state index contributed by atoms with van der Waals surface area (Å²) in [6.45, 7) is 13.4. The number of ether oxygens (including phenoxy) is 1. The summed E-state index contributed by atoms with van der Waals surface area (Å²) in [5.74, 6) is -0.288. The standard InChI is InChI=1S/C26H37FN4O4S/c1-17-7-8-20(14-22(17)27)24(29-23-10-9-21(13-18(23)2)36(28,33)34)16-30-11-12-31(19(3)15-30)25(32)35-26(4,5)6/h7-10,13-14,19,24,29H,11-12,15-16H2,1-6H3,(H2,28,33,34)/t19-,24?/m1/s1. The zero-order valence-corrected chi connectivity index (χ0v) is 22.7. The first-order valence-corrected chi connectivity index (χ1v) is 13.6. The zero-order valence-electron chi connectivity index (χ0n) is 21.8. The average Bonchev–Trinajstić information content (AvgIpc) is 2.74. The summed E-state index contributed by atoms with van der Waals surface area (Å²) in [7, 11) is -3.81. The fourth-order valence-corrected chi connectivity index (χ4v) is 4.87. The lowest BCUT2D eigenvalue weighted by Crippen LogP contribution is -2.55. The Balaban J connectivity index is 1.81. The zero-order chi connectivity index (χ0) is 26.8. The molecule has 1 aliphatic rings. The molecular formula is C26H37FN4O4S. The number of primary sulfonamides is 1. The molecule has 36 heavy (non-hydrogen) atoms. The van der Waals surface area contributed by atoms with Gasteiger partial charge in [0.05, 0.1) is 10.9 Å². The molecule has 2 aromatic carbocycles. The summed E-state index contributed by atoms with van der Waals surface area (Å²) in [5, 5.41) is 8.74. The third kappa shape index (κ3) is 7.18. The molecule has 0 aromatic heterocycles. The second-order valence-corrected chi connectivity index (χ2v) is 12.1. The molecule has 1 aliphatic heterocycles. The molecule has 0 spiro atoms. The highest BCUT2D eigenvalue weighted by Gasteiger charge is 2.32. The van der Waals surface area contributed by atoms with Crippen LogP contribution in [0.1, 0.15) is 50.4 Å². The maximum Gasteiger partial charge on any atom is 0.410 e. The Labute approximate surface area is 213 Å². The van der Waals surface area contributed by atoms with Crippen molar-refractivity contribution in [3.63, 3.8) is 0 Å². The monoisotopic (exact) mass is 520 g/mol. The van der Waals surface area contributed by atoms with Gasteiger partial charge in [0.25, 0.3) is 0 Å². The first-order chi connectivity index (χ1) is 16.6. The van der Waals surface area contributed by atoms with Gasteiger partial charge in [-0.05, 0) is 82.5 Å². The number of nitrogens with zero attached hydrogens (tertiary/aromatic N) is 2. The SMILES string of the molecule is Cc1ccc(C(CN2CCN(C(=O)OC(C)(C)C)[C@H](C)C2)Nc2ccc(S(N)(=O)=O)cc2C)cc1F. The molecule has 2 atom stereocenters. The van der Waals surface area contributed by atoms with Crippen molar-refractivity contribution >= 4 is 21.8 Å². The molecule has 198 valence electrons. The van der Waals surface area contributed by atoms with Gasteiger partial charge in [0.1, 0.15) is 11.4 Å². The van der Waals surface area contributed by atoms with Gasteiger partial charge in [-0.3, -0.25) is 4.90 Å². The van der Waals surface area contributed by atoms with Gasteiger partial charge >= 0.3 is 6.09 Å². The maximum absolute atomic E-state index is 14.5. The van der Waals surface area contributed by atoms with Crippen LogP contribution in [-0.2, 0) is 14.8 Å². The Hall–Kier alpha value is -2.69. The van der Waals surface area contributed by atoms with Crippen molar-refractivity contribution < 1.29 is 22.3 Å². The predicted molar refractivity (Wildman–Crippen MR) is 139 cm³/mol. The van der Waals surface area contributed by atoms with Crippen LogP contribution in [0, 0.1) is 19.7 Å². The molecule has 0 bridgehead atoms. The van der Waals surface area contributed by atoms with Crippen LogP contribution >= 0.6 is 0 Å². The number of amides is 1. The van der Waals surface area contributed by atoms with E-state index in [0.29, 0.717) is 37.3 Å². The van der Waals surface area contributed by atoms with Crippen molar-refractivity contribution in [2.45, 2.75) is 64.1 Å². The van der Waals surface area contributed by atoms with Crippen molar-refractivity contribution in [2.75, 3.05) is 31.5 Å². The number of nitrogens with two attached hydrogens (primary N) is 1. The maximum atomic E-state index is 14.5. The van der Waals surface area contributed by atoms with E-state index in [0.717, 1.165) is 11.3 Å². The minimum absolute atomic E-state index is 0.0376. The van der Waals surface area contributed by atoms with Gasteiger partial charge in [-0.25, -0.2) is 22.7 Å². The number of piperazine rings is 1. The molecule has 1 unspecified atom stereocenters. The second kappa shape index (κ2) is 10.7. The second-order valence-electron chi connectivity index (χ2n) is 10.5. The van der Waals surface area contributed by atoms with Gasteiger partial charge in [-0.1, -0.05) is 12.1 Å². The molecule has 8 nitrogen and oxygen atoms in total. The number of carbonyl (C=O) groups is 1. The lowest BCUT2D eigenvalue weighted by molar-refractivity contribution is 0.00109. The van der Waals surface area contributed by atoms with Crippen LogP contribution in [0.3, 0.4) is 0 Å². The number of nitrogens with one attached hydrogen (secondary N) is 1. The van der Waals surface area contributed by atoms with E-state index in [2.05, 4.69) is 10.2 Å². The Morgan fingerprint density at radius 3 is 2.42 bits per heavy atom. The fraction of sp³-hybridized carbons (Fsp3) is 0.500. The fourth-order valence-electron chi connectivity index (χ4n) is 4.27. The van der Waals surface area contributed by atoms with Gasteiger partial charge < -0.3 is 15.0 Å². The molecule has 0 radical (unpaired) electrons. The molecule has 1 saturated heterocycles. The topological polar surface area (TPSA) is 105 Å². The lowest BCUT2D eigenvalue weighted by Gasteiger charge is -2.41. The van der Waals surface area contributed by atoms with Crippen molar-refractivity contribution in [1.29, 1.82) is 0 Å². The highest BCUT2D eigenvalue weighted by Crippen LogP contribution is 2.27. The number of anilines is 1. The van der Waals surface area contributed by atoms with E-state index >= 15 is 0 Å².